The fourth-order valence-corrected chi connectivity index (χ4v) is 1.69. The molecule has 0 unspecified atom stereocenters. The maximum Gasteiger partial charge on any atom is 0.161 e. The van der Waals surface area contributed by atoms with E-state index in [4.69, 9.17) is 14.2 Å². The molecule has 1 aromatic rings. The Kier molecular flexibility index (Phi) is 7.30. The Morgan fingerprint density at radius 1 is 1.11 bits per heavy atom. The van der Waals surface area contributed by atoms with Crippen molar-refractivity contribution in [2.24, 2.45) is 0 Å². The van der Waals surface area contributed by atoms with Gasteiger partial charge in [0.05, 0.1) is 19.3 Å². The van der Waals surface area contributed by atoms with Crippen LogP contribution < -0.4 is 14.8 Å². The van der Waals surface area contributed by atoms with Gasteiger partial charge < -0.3 is 19.5 Å². The van der Waals surface area contributed by atoms with E-state index in [2.05, 4.69) is 5.32 Å². The molecular formula is C15H25NO3. The van der Waals surface area contributed by atoms with Crippen LogP contribution in [0.3, 0.4) is 0 Å². The van der Waals surface area contributed by atoms with E-state index in [1.165, 1.54) is 5.56 Å². The van der Waals surface area contributed by atoms with Gasteiger partial charge in [0.2, 0.25) is 0 Å². The van der Waals surface area contributed by atoms with Gasteiger partial charge in [0.1, 0.15) is 6.61 Å². The second-order valence-electron chi connectivity index (χ2n) is 4.51. The standard InChI is InChI=1S/C15H25NO3/c1-5-17-15-10-13(11-16-4)6-7-14(15)19-9-8-18-12(2)3/h6-7,10,12,16H,5,8-9,11H2,1-4H3. The molecule has 0 aromatic heterocycles. The molecule has 4 heteroatoms. The molecule has 0 aliphatic carbocycles. The highest BCUT2D eigenvalue weighted by Gasteiger charge is 2.06. The van der Waals surface area contributed by atoms with E-state index in [-0.39, 0.29) is 6.10 Å². The highest BCUT2D eigenvalue weighted by atomic mass is 16.5. The lowest BCUT2D eigenvalue weighted by Gasteiger charge is -2.14. The van der Waals surface area contributed by atoms with E-state index in [0.717, 1.165) is 18.0 Å². The molecular weight excluding hydrogens is 242 g/mol. The number of ether oxygens (including phenoxy) is 3. The summed E-state index contributed by atoms with van der Waals surface area (Å²) in [6.45, 7) is 8.55. The van der Waals surface area contributed by atoms with E-state index >= 15 is 0 Å². The van der Waals surface area contributed by atoms with Crippen LogP contribution in [-0.2, 0) is 11.3 Å². The minimum Gasteiger partial charge on any atom is -0.490 e. The van der Waals surface area contributed by atoms with Crippen LogP contribution in [0.15, 0.2) is 18.2 Å². The fourth-order valence-electron chi connectivity index (χ4n) is 1.69. The SMILES string of the molecule is CCOc1cc(CNC)ccc1OCCOC(C)C. The quantitative estimate of drug-likeness (QED) is 0.698. The van der Waals surface area contributed by atoms with Crippen molar-refractivity contribution in [3.8, 4) is 11.5 Å². The van der Waals surface area contributed by atoms with Crippen molar-refractivity contribution in [1.82, 2.24) is 5.32 Å². The molecule has 0 spiro atoms. The summed E-state index contributed by atoms with van der Waals surface area (Å²) < 4.78 is 16.8. The van der Waals surface area contributed by atoms with E-state index < -0.39 is 0 Å². The molecule has 19 heavy (non-hydrogen) atoms. The summed E-state index contributed by atoms with van der Waals surface area (Å²) in [5.41, 5.74) is 1.18. The maximum atomic E-state index is 5.70. The average molecular weight is 267 g/mol. The van der Waals surface area contributed by atoms with Gasteiger partial charge in [-0.15, -0.1) is 0 Å². The van der Waals surface area contributed by atoms with Crippen LogP contribution in [0.4, 0.5) is 0 Å². The minimum absolute atomic E-state index is 0.230. The topological polar surface area (TPSA) is 39.7 Å². The van der Waals surface area contributed by atoms with Crippen LogP contribution in [0.1, 0.15) is 26.3 Å². The normalized spacial score (nSPS) is 10.8. The number of rotatable bonds is 9. The van der Waals surface area contributed by atoms with Gasteiger partial charge in [-0.3, -0.25) is 0 Å². The third-order valence-corrected chi connectivity index (χ3v) is 2.48. The van der Waals surface area contributed by atoms with Crippen LogP contribution in [0.5, 0.6) is 11.5 Å². The number of benzene rings is 1. The van der Waals surface area contributed by atoms with E-state index in [0.29, 0.717) is 19.8 Å². The van der Waals surface area contributed by atoms with Gasteiger partial charge in [0.15, 0.2) is 11.5 Å². The molecule has 1 N–H and O–H groups in total. The highest BCUT2D eigenvalue weighted by Crippen LogP contribution is 2.28. The maximum absolute atomic E-state index is 5.70. The van der Waals surface area contributed by atoms with Crippen LogP contribution in [0.25, 0.3) is 0 Å². The van der Waals surface area contributed by atoms with Gasteiger partial charge >= 0.3 is 0 Å². The van der Waals surface area contributed by atoms with Crippen molar-refractivity contribution >= 4 is 0 Å². The average Bonchev–Trinajstić information content (AvgIpc) is 2.37. The first kappa shape index (κ1) is 15.8. The zero-order valence-corrected chi connectivity index (χ0v) is 12.4. The van der Waals surface area contributed by atoms with Crippen LogP contribution in [-0.4, -0.2) is 33.0 Å². The predicted octanol–water partition coefficient (Wildman–Crippen LogP) is 2.61. The summed E-state index contributed by atoms with van der Waals surface area (Å²) in [7, 11) is 1.92. The Morgan fingerprint density at radius 3 is 2.53 bits per heavy atom. The summed E-state index contributed by atoms with van der Waals surface area (Å²) in [6, 6.07) is 6.00. The smallest absolute Gasteiger partial charge is 0.161 e. The van der Waals surface area contributed by atoms with Crippen molar-refractivity contribution < 1.29 is 14.2 Å². The molecule has 108 valence electrons. The third-order valence-electron chi connectivity index (χ3n) is 2.48. The van der Waals surface area contributed by atoms with Crippen LogP contribution in [0, 0.1) is 0 Å². The number of hydrogen-bond donors (Lipinski definition) is 1. The zero-order chi connectivity index (χ0) is 14.1. The summed E-state index contributed by atoms with van der Waals surface area (Å²) in [5, 5.41) is 3.12. The molecule has 0 saturated heterocycles. The fraction of sp³-hybridized carbons (Fsp3) is 0.600. The van der Waals surface area contributed by atoms with Gasteiger partial charge in [0.25, 0.3) is 0 Å². The Morgan fingerprint density at radius 2 is 1.89 bits per heavy atom. The summed E-state index contributed by atoms with van der Waals surface area (Å²) in [4.78, 5) is 0. The lowest BCUT2D eigenvalue weighted by atomic mass is 10.2. The Hall–Kier alpha value is -1.26. The molecule has 0 atom stereocenters. The second-order valence-corrected chi connectivity index (χ2v) is 4.51. The van der Waals surface area contributed by atoms with Crippen molar-refractivity contribution in [2.45, 2.75) is 33.4 Å². The first-order valence-corrected chi connectivity index (χ1v) is 6.82. The van der Waals surface area contributed by atoms with Crippen molar-refractivity contribution in [3.05, 3.63) is 23.8 Å². The molecule has 0 fully saturated rings. The first-order valence-electron chi connectivity index (χ1n) is 6.82. The molecule has 1 aromatic carbocycles. The molecule has 1 rings (SSSR count). The second kappa shape index (κ2) is 8.77. The third kappa shape index (κ3) is 5.94. The van der Waals surface area contributed by atoms with E-state index in [1.54, 1.807) is 0 Å². The predicted molar refractivity (Wildman–Crippen MR) is 77.0 cm³/mol. The molecule has 0 aliphatic heterocycles. The van der Waals surface area contributed by atoms with Gasteiger partial charge in [-0.1, -0.05) is 6.07 Å². The molecule has 0 heterocycles. The van der Waals surface area contributed by atoms with Gasteiger partial charge in [-0.2, -0.15) is 0 Å². The van der Waals surface area contributed by atoms with Gasteiger partial charge in [0, 0.05) is 6.54 Å². The molecule has 0 amide bonds. The van der Waals surface area contributed by atoms with Crippen molar-refractivity contribution in [3.63, 3.8) is 0 Å². The molecule has 4 nitrogen and oxygen atoms in total. The molecule has 0 bridgehead atoms. The first-order chi connectivity index (χ1) is 9.17. The molecule has 0 saturated carbocycles. The monoisotopic (exact) mass is 267 g/mol. The number of nitrogens with one attached hydrogen (secondary N) is 1. The molecule has 0 radical (unpaired) electrons. The lowest BCUT2D eigenvalue weighted by molar-refractivity contribution is 0.0545. The van der Waals surface area contributed by atoms with Gasteiger partial charge in [-0.25, -0.2) is 0 Å². The molecule has 0 aliphatic rings. The summed E-state index contributed by atoms with van der Waals surface area (Å²) in [6.07, 6.45) is 0.230. The number of hydrogen-bond acceptors (Lipinski definition) is 4. The minimum atomic E-state index is 0.230. The zero-order valence-electron chi connectivity index (χ0n) is 12.4. The van der Waals surface area contributed by atoms with E-state index in [1.807, 2.05) is 46.0 Å². The van der Waals surface area contributed by atoms with Crippen LogP contribution in [0.2, 0.25) is 0 Å². The Bertz CT molecular complexity index is 366. The van der Waals surface area contributed by atoms with Crippen LogP contribution >= 0.6 is 0 Å². The van der Waals surface area contributed by atoms with Crippen molar-refractivity contribution in [2.75, 3.05) is 26.9 Å². The van der Waals surface area contributed by atoms with E-state index in [9.17, 15) is 0 Å². The summed E-state index contributed by atoms with van der Waals surface area (Å²) in [5.74, 6) is 1.56. The highest BCUT2D eigenvalue weighted by molar-refractivity contribution is 5.43. The Labute approximate surface area is 116 Å². The summed E-state index contributed by atoms with van der Waals surface area (Å²) >= 11 is 0. The van der Waals surface area contributed by atoms with Crippen molar-refractivity contribution in [1.29, 1.82) is 0 Å². The van der Waals surface area contributed by atoms with Gasteiger partial charge in [-0.05, 0) is 45.5 Å². The Balaban J connectivity index is 2.59. The lowest BCUT2D eigenvalue weighted by Crippen LogP contribution is -2.12. The largest absolute Gasteiger partial charge is 0.490 e.